The van der Waals surface area contributed by atoms with E-state index in [0.29, 0.717) is 5.96 Å². The van der Waals surface area contributed by atoms with Crippen molar-refractivity contribution in [3.05, 3.63) is 58.8 Å². The minimum absolute atomic E-state index is 0.263. The Kier molecular flexibility index (Phi) is 2.90. The molecule has 2 aliphatic heterocycles. The maximum atomic E-state index is 6.08. The monoisotopic (exact) mass is 253 g/mol. The van der Waals surface area contributed by atoms with Crippen molar-refractivity contribution in [2.24, 2.45) is 10.7 Å². The largest absolute Gasteiger partial charge is 0.370 e. The van der Waals surface area contributed by atoms with Gasteiger partial charge in [-0.1, -0.05) is 36.4 Å². The summed E-state index contributed by atoms with van der Waals surface area (Å²) in [5.74, 6) is 0.640. The van der Waals surface area contributed by atoms with E-state index < -0.39 is 0 Å². The van der Waals surface area contributed by atoms with Crippen molar-refractivity contribution < 1.29 is 0 Å². The molecule has 0 aliphatic carbocycles. The van der Waals surface area contributed by atoms with Crippen LogP contribution in [0.5, 0.6) is 0 Å². The molecule has 19 heavy (non-hydrogen) atoms. The summed E-state index contributed by atoms with van der Waals surface area (Å²) in [6.07, 6.45) is 5.23. The Hall–Kier alpha value is -2.03. The summed E-state index contributed by atoms with van der Waals surface area (Å²) in [6.45, 7) is 4.95. The molecule has 3 nitrogen and oxygen atoms in total. The predicted molar refractivity (Wildman–Crippen MR) is 78.7 cm³/mol. The average Bonchev–Trinajstić information content (AvgIpc) is 2.74. The summed E-state index contributed by atoms with van der Waals surface area (Å²) in [6, 6.07) is 8.88. The van der Waals surface area contributed by atoms with Gasteiger partial charge in [-0.05, 0) is 37.0 Å². The first-order valence-electron chi connectivity index (χ1n) is 6.71. The van der Waals surface area contributed by atoms with E-state index in [2.05, 4.69) is 60.2 Å². The molecule has 98 valence electrons. The lowest BCUT2D eigenvalue weighted by Crippen LogP contribution is -2.34. The molecular weight excluding hydrogens is 234 g/mol. The van der Waals surface area contributed by atoms with Gasteiger partial charge in [0.15, 0.2) is 5.96 Å². The van der Waals surface area contributed by atoms with Crippen LogP contribution in [0.25, 0.3) is 0 Å². The number of hydrogen-bond acceptors (Lipinski definition) is 3. The van der Waals surface area contributed by atoms with Crippen molar-refractivity contribution >= 4 is 5.96 Å². The van der Waals surface area contributed by atoms with Crippen molar-refractivity contribution in [1.82, 2.24) is 4.90 Å². The Morgan fingerprint density at radius 2 is 2.16 bits per heavy atom. The third kappa shape index (κ3) is 1.86. The zero-order chi connectivity index (χ0) is 13.4. The average molecular weight is 253 g/mol. The van der Waals surface area contributed by atoms with Crippen LogP contribution in [0.4, 0.5) is 0 Å². The lowest BCUT2D eigenvalue weighted by atomic mass is 9.97. The van der Waals surface area contributed by atoms with Gasteiger partial charge in [0, 0.05) is 5.70 Å². The first kappa shape index (κ1) is 12.0. The van der Waals surface area contributed by atoms with E-state index in [1.807, 2.05) is 0 Å². The van der Waals surface area contributed by atoms with E-state index in [9.17, 15) is 0 Å². The highest BCUT2D eigenvalue weighted by molar-refractivity contribution is 5.83. The molecule has 0 spiro atoms. The molecule has 3 rings (SSSR count). The number of aliphatic imine (C=N–C) groups is 1. The topological polar surface area (TPSA) is 41.6 Å². The summed E-state index contributed by atoms with van der Waals surface area (Å²) in [5, 5.41) is 0. The molecule has 0 aromatic heterocycles. The highest BCUT2D eigenvalue weighted by atomic mass is 15.3. The minimum Gasteiger partial charge on any atom is -0.370 e. The molecule has 2 N–H and O–H groups in total. The zero-order valence-electron chi connectivity index (χ0n) is 11.4. The molecule has 0 bridgehead atoms. The van der Waals surface area contributed by atoms with Crippen molar-refractivity contribution in [2.45, 2.75) is 26.3 Å². The fourth-order valence-electron chi connectivity index (χ4n) is 3.03. The summed E-state index contributed by atoms with van der Waals surface area (Å²) >= 11 is 0. The van der Waals surface area contributed by atoms with Crippen molar-refractivity contribution in [2.75, 3.05) is 6.54 Å². The molecule has 2 aliphatic rings. The van der Waals surface area contributed by atoms with Crippen LogP contribution < -0.4 is 5.73 Å². The normalized spacial score (nSPS) is 22.3. The van der Waals surface area contributed by atoms with Crippen molar-refractivity contribution in [3.63, 3.8) is 0 Å². The first-order valence-corrected chi connectivity index (χ1v) is 6.71. The number of benzene rings is 1. The van der Waals surface area contributed by atoms with Crippen LogP contribution in [0.15, 0.2) is 52.7 Å². The van der Waals surface area contributed by atoms with Gasteiger partial charge in [-0.15, -0.1) is 0 Å². The van der Waals surface area contributed by atoms with E-state index in [1.165, 1.54) is 22.4 Å². The van der Waals surface area contributed by atoms with Gasteiger partial charge in [-0.3, -0.25) is 4.99 Å². The second-order valence-corrected chi connectivity index (χ2v) is 5.07. The third-order valence-corrected chi connectivity index (χ3v) is 3.97. The molecule has 3 heteroatoms. The summed E-state index contributed by atoms with van der Waals surface area (Å²) in [4.78, 5) is 6.61. The molecule has 0 radical (unpaired) electrons. The molecule has 0 fully saturated rings. The Bertz CT molecular complexity index is 596. The molecule has 1 unspecified atom stereocenters. The highest BCUT2D eigenvalue weighted by Crippen LogP contribution is 2.36. The van der Waals surface area contributed by atoms with Gasteiger partial charge in [0.1, 0.15) is 0 Å². The van der Waals surface area contributed by atoms with Crippen LogP contribution in [-0.4, -0.2) is 17.4 Å². The summed E-state index contributed by atoms with van der Waals surface area (Å²) in [7, 11) is 0. The molecule has 2 heterocycles. The number of fused-ring (bicyclic) bond motifs is 3. The second-order valence-electron chi connectivity index (χ2n) is 5.07. The van der Waals surface area contributed by atoms with E-state index in [0.717, 1.165) is 13.0 Å². The number of rotatable bonds is 1. The van der Waals surface area contributed by atoms with E-state index in [1.54, 1.807) is 0 Å². The van der Waals surface area contributed by atoms with Crippen LogP contribution in [0, 0.1) is 0 Å². The number of guanidine groups is 1. The zero-order valence-corrected chi connectivity index (χ0v) is 11.4. The number of allylic oxidation sites excluding steroid dienone is 4. The summed E-state index contributed by atoms with van der Waals surface area (Å²) < 4.78 is 0. The molecule has 0 saturated heterocycles. The molecular formula is C16H19N3. The van der Waals surface area contributed by atoms with Gasteiger partial charge in [0.25, 0.3) is 0 Å². The van der Waals surface area contributed by atoms with Crippen molar-refractivity contribution in [3.8, 4) is 0 Å². The molecule has 1 atom stereocenters. The van der Waals surface area contributed by atoms with Crippen LogP contribution in [0.2, 0.25) is 0 Å². The molecule has 0 saturated carbocycles. The van der Waals surface area contributed by atoms with Gasteiger partial charge in [0.2, 0.25) is 0 Å². The van der Waals surface area contributed by atoms with Gasteiger partial charge < -0.3 is 10.6 Å². The Morgan fingerprint density at radius 3 is 2.95 bits per heavy atom. The second kappa shape index (κ2) is 4.57. The quantitative estimate of drug-likeness (QED) is 0.836. The number of hydrogen-bond donors (Lipinski definition) is 1. The Morgan fingerprint density at radius 1 is 1.37 bits per heavy atom. The summed E-state index contributed by atoms with van der Waals surface area (Å²) in [5.41, 5.74) is 11.4. The smallest absolute Gasteiger partial charge is 0.196 e. The fourth-order valence-corrected chi connectivity index (χ4v) is 3.03. The number of nitrogens with zero attached hydrogens (tertiary/aromatic N) is 2. The lowest BCUT2D eigenvalue weighted by molar-refractivity contribution is 0.423. The van der Waals surface area contributed by atoms with Crippen LogP contribution in [0.1, 0.15) is 31.0 Å². The SMILES string of the molecule is C/C=C\C1=C(C)N2C(N)=NCC2c2ccccc2C1. The van der Waals surface area contributed by atoms with Gasteiger partial charge in [-0.2, -0.15) is 0 Å². The lowest BCUT2D eigenvalue weighted by Gasteiger charge is -2.27. The highest BCUT2D eigenvalue weighted by Gasteiger charge is 2.33. The third-order valence-electron chi connectivity index (χ3n) is 3.97. The van der Waals surface area contributed by atoms with Gasteiger partial charge in [0.05, 0.1) is 12.6 Å². The Balaban J connectivity index is 2.18. The number of nitrogens with two attached hydrogens (primary N) is 1. The Labute approximate surface area is 114 Å². The van der Waals surface area contributed by atoms with Crippen LogP contribution >= 0.6 is 0 Å². The standard InChI is InChI=1S/C16H19N3/c1-3-6-12-9-13-7-4-5-8-14(13)15-10-18-16(17)19(15)11(12)2/h3-8,15H,9-10H2,1-2H3,(H2,17,18)/b6-3-. The van der Waals surface area contributed by atoms with Crippen LogP contribution in [0.3, 0.4) is 0 Å². The van der Waals surface area contributed by atoms with Crippen LogP contribution in [-0.2, 0) is 6.42 Å². The molecule has 1 aromatic rings. The van der Waals surface area contributed by atoms with E-state index in [4.69, 9.17) is 5.73 Å². The predicted octanol–water partition coefficient (Wildman–Crippen LogP) is 2.76. The maximum absolute atomic E-state index is 6.08. The first-order chi connectivity index (χ1) is 9.22. The minimum atomic E-state index is 0.263. The van der Waals surface area contributed by atoms with E-state index in [-0.39, 0.29) is 6.04 Å². The fraction of sp³-hybridized carbons (Fsp3) is 0.312. The molecule has 1 aromatic carbocycles. The van der Waals surface area contributed by atoms with Gasteiger partial charge in [-0.25, -0.2) is 0 Å². The van der Waals surface area contributed by atoms with Gasteiger partial charge >= 0.3 is 0 Å². The van der Waals surface area contributed by atoms with Crippen molar-refractivity contribution in [1.29, 1.82) is 0 Å². The van der Waals surface area contributed by atoms with E-state index >= 15 is 0 Å². The molecule has 0 amide bonds. The maximum Gasteiger partial charge on any atom is 0.196 e.